The van der Waals surface area contributed by atoms with Gasteiger partial charge in [0.25, 0.3) is 5.91 Å². The van der Waals surface area contributed by atoms with E-state index in [0.717, 1.165) is 0 Å². The smallest absolute Gasteiger partial charge is 0.366 e. The zero-order chi connectivity index (χ0) is 15.1. The summed E-state index contributed by atoms with van der Waals surface area (Å²) in [6, 6.07) is 0. The minimum Gasteiger partial charge on any atom is -0.478 e. The van der Waals surface area contributed by atoms with Crippen molar-refractivity contribution in [2.75, 3.05) is 6.61 Å². The summed E-state index contributed by atoms with van der Waals surface area (Å²) in [4.78, 5) is 25.7. The number of carboxylic acid groups (broad SMARTS) is 1. The molecule has 6 N–H and O–H groups in total. The highest BCUT2D eigenvalue weighted by atomic mass is 16.6. The molecule has 0 saturated carbocycles. The highest BCUT2D eigenvalue weighted by molar-refractivity contribution is 6.09. The number of primary amides is 1. The topological polar surface area (TPSA) is 187 Å². The number of ether oxygens (including phenoxy) is 1. The van der Waals surface area contributed by atoms with Crippen molar-refractivity contribution >= 4 is 17.7 Å². The van der Waals surface area contributed by atoms with Gasteiger partial charge in [-0.2, -0.15) is 0 Å². The molecule has 0 aromatic rings. The molecule has 2 heterocycles. The Morgan fingerprint density at radius 3 is 2.40 bits per heavy atom. The van der Waals surface area contributed by atoms with Gasteiger partial charge in [0.2, 0.25) is 0 Å². The summed E-state index contributed by atoms with van der Waals surface area (Å²) in [5.74, 6) is -3.47. The molecule has 0 aromatic carbocycles. The molecule has 11 nitrogen and oxygen atoms in total. The molecule has 1 amide bonds. The summed E-state index contributed by atoms with van der Waals surface area (Å²) in [7, 11) is 0. The van der Waals surface area contributed by atoms with Gasteiger partial charge in [-0.1, -0.05) is 0 Å². The molecular weight excluding hydrogens is 276 g/mol. The van der Waals surface area contributed by atoms with Gasteiger partial charge in [-0.3, -0.25) is 4.79 Å². The van der Waals surface area contributed by atoms with Crippen LogP contribution in [0.15, 0.2) is 15.2 Å². The molecule has 0 radical (unpaired) electrons. The average Bonchev–Trinajstić information content (AvgIpc) is 2.94. The van der Waals surface area contributed by atoms with Crippen LogP contribution in [0.3, 0.4) is 0 Å². The molecule has 11 heteroatoms. The molecule has 0 aliphatic carbocycles. The lowest BCUT2D eigenvalue weighted by atomic mass is 10.1. The number of amidine groups is 1. The Morgan fingerprint density at radius 2 is 2.00 bits per heavy atom. The van der Waals surface area contributed by atoms with Crippen LogP contribution in [0.1, 0.15) is 0 Å². The van der Waals surface area contributed by atoms with Gasteiger partial charge >= 0.3 is 11.6 Å². The number of azo groups is 1. The van der Waals surface area contributed by atoms with E-state index < -0.39 is 54.4 Å². The third-order valence-electron chi connectivity index (χ3n) is 3.01. The minimum absolute atomic E-state index is 0.395. The first-order chi connectivity index (χ1) is 9.33. The zero-order valence-electron chi connectivity index (χ0n) is 9.95. The predicted molar refractivity (Wildman–Crippen MR) is 59.6 cm³/mol. The summed E-state index contributed by atoms with van der Waals surface area (Å²) >= 11 is 0. The number of nitrogens with two attached hydrogens (primary N) is 1. The van der Waals surface area contributed by atoms with Crippen molar-refractivity contribution in [2.24, 2.45) is 21.0 Å². The van der Waals surface area contributed by atoms with Gasteiger partial charge in [-0.25, -0.2) is 9.79 Å². The van der Waals surface area contributed by atoms with E-state index in [2.05, 4.69) is 15.2 Å². The Bertz CT molecular complexity index is 491. The molecule has 2 aliphatic rings. The lowest BCUT2D eigenvalue weighted by Crippen LogP contribution is -2.47. The molecule has 0 aromatic heterocycles. The molecular formula is C9H12N4O7. The van der Waals surface area contributed by atoms with Crippen LogP contribution in [0.4, 0.5) is 0 Å². The fourth-order valence-electron chi connectivity index (χ4n) is 1.87. The van der Waals surface area contributed by atoms with Gasteiger partial charge in [0.15, 0.2) is 5.84 Å². The fraction of sp³-hybridized carbons (Fsp3) is 0.667. The first-order valence-corrected chi connectivity index (χ1v) is 5.52. The van der Waals surface area contributed by atoms with Gasteiger partial charge in [0.1, 0.15) is 24.4 Å². The number of nitrogens with zero attached hydrogens (tertiary/aromatic N) is 3. The fourth-order valence-corrected chi connectivity index (χ4v) is 1.87. The summed E-state index contributed by atoms with van der Waals surface area (Å²) < 4.78 is 5.09. The van der Waals surface area contributed by atoms with Crippen LogP contribution >= 0.6 is 0 Å². The van der Waals surface area contributed by atoms with Crippen LogP contribution in [0.2, 0.25) is 0 Å². The lowest BCUT2D eigenvalue weighted by molar-refractivity contribution is -0.147. The van der Waals surface area contributed by atoms with E-state index >= 15 is 0 Å². The first kappa shape index (κ1) is 14.5. The molecule has 0 spiro atoms. The SMILES string of the molecule is NC(=O)C1(C(=O)O)N=NC(C2O[C@H](CO)[C@@H](O)[C@H]2O)=N1. The highest BCUT2D eigenvalue weighted by Crippen LogP contribution is 2.28. The van der Waals surface area contributed by atoms with Crippen molar-refractivity contribution in [3.63, 3.8) is 0 Å². The monoisotopic (exact) mass is 288 g/mol. The quantitative estimate of drug-likeness (QED) is 0.333. The number of carboxylic acids is 1. The van der Waals surface area contributed by atoms with E-state index in [1.54, 1.807) is 0 Å². The van der Waals surface area contributed by atoms with Crippen LogP contribution in [0, 0.1) is 0 Å². The van der Waals surface area contributed by atoms with Crippen molar-refractivity contribution in [3.8, 4) is 0 Å². The van der Waals surface area contributed by atoms with Crippen LogP contribution in [-0.2, 0) is 14.3 Å². The van der Waals surface area contributed by atoms with E-state index in [9.17, 15) is 19.8 Å². The Balaban J connectivity index is 2.30. The van der Waals surface area contributed by atoms with E-state index in [1.807, 2.05) is 0 Å². The number of hydrogen-bond donors (Lipinski definition) is 5. The summed E-state index contributed by atoms with van der Waals surface area (Å²) in [5, 5.41) is 43.8. The van der Waals surface area contributed by atoms with E-state index in [0.29, 0.717) is 0 Å². The second kappa shape index (κ2) is 4.86. The number of hydrogen-bond acceptors (Lipinski definition) is 9. The Morgan fingerprint density at radius 1 is 1.35 bits per heavy atom. The Kier molecular flexibility index (Phi) is 3.52. The Labute approximate surface area is 111 Å². The molecule has 2 rings (SSSR count). The van der Waals surface area contributed by atoms with Crippen molar-refractivity contribution in [1.29, 1.82) is 0 Å². The number of aliphatic hydroxyl groups excluding tert-OH is 3. The van der Waals surface area contributed by atoms with Crippen molar-refractivity contribution in [3.05, 3.63) is 0 Å². The second-order valence-electron chi connectivity index (χ2n) is 4.27. The van der Waals surface area contributed by atoms with Crippen LogP contribution in [0.25, 0.3) is 0 Å². The van der Waals surface area contributed by atoms with Crippen molar-refractivity contribution < 1.29 is 34.8 Å². The molecule has 0 bridgehead atoms. The normalized spacial score (nSPS) is 39.9. The van der Waals surface area contributed by atoms with E-state index in [-0.39, 0.29) is 0 Å². The van der Waals surface area contributed by atoms with E-state index in [1.165, 1.54) is 0 Å². The number of aliphatic hydroxyl groups is 3. The van der Waals surface area contributed by atoms with Crippen LogP contribution < -0.4 is 5.73 Å². The van der Waals surface area contributed by atoms with Gasteiger partial charge in [-0.15, -0.1) is 10.2 Å². The zero-order valence-corrected chi connectivity index (χ0v) is 9.95. The predicted octanol–water partition coefficient (Wildman–Crippen LogP) is -3.40. The molecule has 2 aliphatic heterocycles. The maximum Gasteiger partial charge on any atom is 0.366 e. The van der Waals surface area contributed by atoms with Gasteiger partial charge in [0.05, 0.1) is 6.61 Å². The second-order valence-corrected chi connectivity index (χ2v) is 4.27. The van der Waals surface area contributed by atoms with Gasteiger partial charge in [-0.05, 0) is 0 Å². The van der Waals surface area contributed by atoms with Crippen molar-refractivity contribution in [2.45, 2.75) is 30.1 Å². The number of amides is 1. The number of carbonyl (C=O) groups excluding carboxylic acids is 1. The number of aliphatic carboxylic acids is 1. The first-order valence-electron chi connectivity index (χ1n) is 5.52. The third-order valence-corrected chi connectivity index (χ3v) is 3.01. The van der Waals surface area contributed by atoms with Gasteiger partial charge in [0, 0.05) is 0 Å². The number of carbonyl (C=O) groups is 2. The molecule has 5 atom stereocenters. The number of rotatable bonds is 4. The molecule has 20 heavy (non-hydrogen) atoms. The molecule has 1 fully saturated rings. The maximum atomic E-state index is 11.2. The number of aliphatic imine (C=N–C) groups is 1. The molecule has 1 saturated heterocycles. The van der Waals surface area contributed by atoms with Gasteiger partial charge < -0.3 is 30.9 Å². The lowest BCUT2D eigenvalue weighted by Gasteiger charge is -2.13. The summed E-state index contributed by atoms with van der Waals surface area (Å²) in [6.07, 6.45) is -5.30. The summed E-state index contributed by atoms with van der Waals surface area (Å²) in [5.41, 5.74) is 2.34. The largest absolute Gasteiger partial charge is 0.478 e. The van der Waals surface area contributed by atoms with Crippen molar-refractivity contribution in [1.82, 2.24) is 0 Å². The minimum atomic E-state index is -2.60. The molecule has 2 unspecified atom stereocenters. The van der Waals surface area contributed by atoms with Crippen LogP contribution in [0.5, 0.6) is 0 Å². The third kappa shape index (κ3) is 1.96. The average molecular weight is 288 g/mol. The van der Waals surface area contributed by atoms with E-state index in [4.69, 9.17) is 20.7 Å². The molecule has 110 valence electrons. The maximum absolute atomic E-state index is 11.2. The highest BCUT2D eigenvalue weighted by Gasteiger charge is 2.53. The summed E-state index contributed by atoms with van der Waals surface area (Å²) in [6.45, 7) is -0.570. The van der Waals surface area contributed by atoms with Crippen LogP contribution in [-0.4, -0.2) is 74.8 Å². The standard InChI is InChI=1S/C9H12N4O7/c10-7(17)9(8(18)19)11-6(12-13-9)5-4(16)3(15)2(1-14)20-5/h2-5,14-16H,1H2,(H2,10,17)(H,18,19)/t2-,3-,4-,5?,9?/m1/s1. The Hall–Kier alpha value is -1.95.